The Morgan fingerprint density at radius 2 is 2.39 bits per heavy atom. The van der Waals surface area contributed by atoms with Crippen molar-refractivity contribution in [3.05, 3.63) is 33.1 Å². The maximum Gasteiger partial charge on any atom is 0.288 e. The summed E-state index contributed by atoms with van der Waals surface area (Å²) in [7, 11) is 0. The molecule has 0 aliphatic rings. The molecular weight excluding hydrogens is 260 g/mol. The second kappa shape index (κ2) is 6.27. The summed E-state index contributed by atoms with van der Waals surface area (Å²) >= 11 is 5.72. The van der Waals surface area contributed by atoms with Crippen LogP contribution in [0.4, 0.5) is 5.69 Å². The van der Waals surface area contributed by atoms with Crippen LogP contribution < -0.4 is 11.1 Å². The Bertz CT molecular complexity index is 464. The maximum atomic E-state index is 11.7. The van der Waals surface area contributed by atoms with Gasteiger partial charge in [-0.15, -0.1) is 0 Å². The van der Waals surface area contributed by atoms with Crippen molar-refractivity contribution in [1.82, 2.24) is 10.3 Å². The Morgan fingerprint density at radius 1 is 1.72 bits per heavy atom. The summed E-state index contributed by atoms with van der Waals surface area (Å²) in [6, 6.07) is 1.06. The third kappa shape index (κ3) is 3.94. The van der Waals surface area contributed by atoms with E-state index in [1.807, 2.05) is 6.92 Å². The summed E-state index contributed by atoms with van der Waals surface area (Å²) < 4.78 is 0. The third-order valence-corrected chi connectivity index (χ3v) is 2.47. The summed E-state index contributed by atoms with van der Waals surface area (Å²) in [5.74, 6) is -0.503. The lowest BCUT2D eigenvalue weighted by atomic mass is 10.2. The molecule has 1 aromatic heterocycles. The first-order valence-corrected chi connectivity index (χ1v) is 5.63. The fourth-order valence-electron chi connectivity index (χ4n) is 1.20. The number of hydrogen-bond acceptors (Lipinski definition) is 5. The van der Waals surface area contributed by atoms with Crippen molar-refractivity contribution in [3.8, 4) is 0 Å². The lowest BCUT2D eigenvalue weighted by Crippen LogP contribution is -2.29. The number of amides is 1. The number of nitrogens with two attached hydrogens (primary N) is 1. The SMILES string of the molecule is CC(N)CCNC(=O)c1cc([N+](=O)[O-])cnc1Cl. The molecule has 1 rings (SSSR count). The lowest BCUT2D eigenvalue weighted by molar-refractivity contribution is -0.385. The molecule has 18 heavy (non-hydrogen) atoms. The van der Waals surface area contributed by atoms with Crippen molar-refractivity contribution >= 4 is 23.2 Å². The highest BCUT2D eigenvalue weighted by Crippen LogP contribution is 2.18. The van der Waals surface area contributed by atoms with Gasteiger partial charge >= 0.3 is 0 Å². The second-order valence-corrected chi connectivity index (χ2v) is 4.17. The monoisotopic (exact) mass is 272 g/mol. The van der Waals surface area contributed by atoms with E-state index in [-0.39, 0.29) is 22.4 Å². The fourth-order valence-corrected chi connectivity index (χ4v) is 1.39. The Hall–Kier alpha value is -1.73. The van der Waals surface area contributed by atoms with Gasteiger partial charge in [0.05, 0.1) is 10.5 Å². The first-order valence-electron chi connectivity index (χ1n) is 5.25. The van der Waals surface area contributed by atoms with Gasteiger partial charge in [0.1, 0.15) is 11.3 Å². The van der Waals surface area contributed by atoms with Crippen molar-refractivity contribution < 1.29 is 9.72 Å². The molecule has 7 nitrogen and oxygen atoms in total. The average Bonchev–Trinajstić information content (AvgIpc) is 2.28. The van der Waals surface area contributed by atoms with Crippen LogP contribution in [0.2, 0.25) is 5.15 Å². The summed E-state index contributed by atoms with van der Waals surface area (Å²) in [6.45, 7) is 2.18. The first-order chi connectivity index (χ1) is 8.41. The fraction of sp³-hybridized carbons (Fsp3) is 0.400. The molecule has 98 valence electrons. The third-order valence-electron chi connectivity index (χ3n) is 2.17. The molecule has 0 aliphatic carbocycles. The number of nitro groups is 1. The number of nitrogens with one attached hydrogen (secondary N) is 1. The molecule has 0 saturated carbocycles. The molecule has 1 atom stereocenters. The average molecular weight is 273 g/mol. The number of aromatic nitrogens is 1. The Morgan fingerprint density at radius 3 is 2.94 bits per heavy atom. The van der Waals surface area contributed by atoms with Crippen LogP contribution >= 0.6 is 11.6 Å². The number of rotatable bonds is 5. The number of pyridine rings is 1. The Labute approximate surface area is 108 Å². The number of nitrogens with zero attached hydrogens (tertiary/aromatic N) is 2. The van der Waals surface area contributed by atoms with Crippen LogP contribution in [0, 0.1) is 10.1 Å². The van der Waals surface area contributed by atoms with Gasteiger partial charge in [0, 0.05) is 18.7 Å². The van der Waals surface area contributed by atoms with Crippen molar-refractivity contribution in [1.29, 1.82) is 0 Å². The van der Waals surface area contributed by atoms with E-state index in [9.17, 15) is 14.9 Å². The topological polar surface area (TPSA) is 111 Å². The highest BCUT2D eigenvalue weighted by molar-refractivity contribution is 6.32. The molecule has 0 saturated heterocycles. The highest BCUT2D eigenvalue weighted by atomic mass is 35.5. The maximum absolute atomic E-state index is 11.7. The molecule has 1 unspecified atom stereocenters. The standard InChI is InChI=1S/C10H13ClN4O3/c1-6(12)2-3-13-10(16)8-4-7(15(17)18)5-14-9(8)11/h4-6H,2-3,12H2,1H3,(H,13,16). The minimum absolute atomic E-state index is 0.0180. The summed E-state index contributed by atoms with van der Waals surface area (Å²) in [4.78, 5) is 25.3. The van der Waals surface area contributed by atoms with E-state index in [4.69, 9.17) is 17.3 Å². The number of halogens is 1. The summed E-state index contributed by atoms with van der Waals surface area (Å²) in [5, 5.41) is 13.1. The summed E-state index contributed by atoms with van der Waals surface area (Å²) in [6.07, 6.45) is 1.60. The smallest absolute Gasteiger partial charge is 0.288 e. The van der Waals surface area contributed by atoms with Gasteiger partial charge in [0.15, 0.2) is 0 Å². The molecule has 0 aliphatic heterocycles. The van der Waals surface area contributed by atoms with Crippen molar-refractivity contribution in [3.63, 3.8) is 0 Å². The molecule has 1 aromatic rings. The van der Waals surface area contributed by atoms with E-state index < -0.39 is 10.8 Å². The predicted molar refractivity (Wildman–Crippen MR) is 66.5 cm³/mol. The van der Waals surface area contributed by atoms with Crippen molar-refractivity contribution in [2.45, 2.75) is 19.4 Å². The minimum atomic E-state index is -0.637. The van der Waals surface area contributed by atoms with Gasteiger partial charge in [-0.05, 0) is 13.3 Å². The Balaban J connectivity index is 2.78. The number of carbonyl (C=O) groups is 1. The first kappa shape index (κ1) is 14.3. The molecule has 0 radical (unpaired) electrons. The zero-order chi connectivity index (χ0) is 13.7. The van der Waals surface area contributed by atoms with Gasteiger partial charge in [-0.3, -0.25) is 14.9 Å². The van der Waals surface area contributed by atoms with Crippen LogP contribution in [-0.4, -0.2) is 28.4 Å². The molecule has 0 fully saturated rings. The highest BCUT2D eigenvalue weighted by Gasteiger charge is 2.16. The van der Waals surface area contributed by atoms with Crippen LogP contribution in [0.15, 0.2) is 12.3 Å². The zero-order valence-electron chi connectivity index (χ0n) is 9.72. The van der Waals surface area contributed by atoms with Crippen molar-refractivity contribution in [2.24, 2.45) is 5.73 Å². The van der Waals surface area contributed by atoms with Crippen molar-refractivity contribution in [2.75, 3.05) is 6.54 Å². The molecule has 3 N–H and O–H groups in total. The quantitative estimate of drug-likeness (QED) is 0.474. The number of hydrogen-bond donors (Lipinski definition) is 2. The molecule has 8 heteroatoms. The van der Waals surface area contributed by atoms with Gasteiger partial charge in [0.25, 0.3) is 11.6 Å². The van der Waals surface area contributed by atoms with Crippen LogP contribution in [0.1, 0.15) is 23.7 Å². The normalized spacial score (nSPS) is 11.9. The largest absolute Gasteiger partial charge is 0.352 e. The van der Waals surface area contributed by atoms with Crippen LogP contribution in [0.25, 0.3) is 0 Å². The second-order valence-electron chi connectivity index (χ2n) is 3.81. The van der Waals surface area contributed by atoms with Crippen LogP contribution in [0.3, 0.4) is 0 Å². The Kier molecular flexibility index (Phi) is 4.99. The number of carbonyl (C=O) groups excluding carboxylic acids is 1. The van der Waals surface area contributed by atoms with E-state index in [1.165, 1.54) is 0 Å². The molecule has 0 aromatic carbocycles. The van der Waals surface area contributed by atoms with E-state index in [0.717, 1.165) is 12.3 Å². The predicted octanol–water partition coefficient (Wildman–Crippen LogP) is 1.11. The van der Waals surface area contributed by atoms with Gasteiger partial charge in [-0.1, -0.05) is 11.6 Å². The lowest BCUT2D eigenvalue weighted by Gasteiger charge is -2.07. The van der Waals surface area contributed by atoms with E-state index in [2.05, 4.69) is 10.3 Å². The summed E-state index contributed by atoms with van der Waals surface area (Å²) in [5.41, 5.74) is 5.23. The van der Waals surface area contributed by atoms with E-state index >= 15 is 0 Å². The van der Waals surface area contributed by atoms with Gasteiger partial charge < -0.3 is 11.1 Å². The van der Waals surface area contributed by atoms with Gasteiger partial charge in [-0.2, -0.15) is 0 Å². The zero-order valence-corrected chi connectivity index (χ0v) is 10.5. The molecule has 0 spiro atoms. The van der Waals surface area contributed by atoms with Crippen LogP contribution in [-0.2, 0) is 0 Å². The molecular formula is C10H13ClN4O3. The van der Waals surface area contributed by atoms with Crippen LogP contribution in [0.5, 0.6) is 0 Å². The van der Waals surface area contributed by atoms with E-state index in [1.54, 1.807) is 0 Å². The molecule has 0 bridgehead atoms. The molecule has 1 amide bonds. The van der Waals surface area contributed by atoms with Gasteiger partial charge in [-0.25, -0.2) is 4.98 Å². The molecule has 1 heterocycles. The minimum Gasteiger partial charge on any atom is -0.352 e. The van der Waals surface area contributed by atoms with Gasteiger partial charge in [0.2, 0.25) is 0 Å². The van der Waals surface area contributed by atoms with E-state index in [0.29, 0.717) is 13.0 Å².